The molecule has 112 valence electrons. The minimum absolute atomic E-state index is 0.736. The van der Waals surface area contributed by atoms with Crippen LogP contribution in [0.3, 0.4) is 0 Å². The smallest absolute Gasteiger partial charge is 0.113 e. The maximum Gasteiger partial charge on any atom is 0.113 e. The summed E-state index contributed by atoms with van der Waals surface area (Å²) in [5, 5.41) is 6.76. The molecule has 0 spiro atoms. The number of benzene rings is 2. The lowest BCUT2D eigenvalue weighted by Crippen LogP contribution is -2.23. The van der Waals surface area contributed by atoms with Crippen LogP contribution >= 0.6 is 0 Å². The molecule has 0 saturated heterocycles. The molecule has 0 aromatic heterocycles. The van der Waals surface area contributed by atoms with Crippen LogP contribution in [0.25, 0.3) is 5.57 Å². The van der Waals surface area contributed by atoms with Crippen molar-refractivity contribution in [3.63, 3.8) is 0 Å². The summed E-state index contributed by atoms with van der Waals surface area (Å²) < 4.78 is 0. The highest BCUT2D eigenvalue weighted by Gasteiger charge is 2.23. The van der Waals surface area contributed by atoms with Crippen LogP contribution in [0.2, 0.25) is 0 Å². The number of allylic oxidation sites excluding steroid dienone is 1. The summed E-state index contributed by atoms with van der Waals surface area (Å²) in [6.45, 7) is 10.3. The first-order valence-electron chi connectivity index (χ1n) is 7.71. The number of nitrogens with one attached hydrogen (secondary N) is 2. The Labute approximate surface area is 139 Å². The van der Waals surface area contributed by atoms with E-state index in [0.717, 1.165) is 51.4 Å². The van der Waals surface area contributed by atoms with E-state index in [1.165, 1.54) is 0 Å². The minimum Gasteiger partial charge on any atom is -0.357 e. The molecule has 0 amide bonds. The van der Waals surface area contributed by atoms with Crippen molar-refractivity contribution in [2.45, 2.75) is 13.3 Å². The van der Waals surface area contributed by atoms with Crippen LogP contribution in [0, 0.1) is 0 Å². The van der Waals surface area contributed by atoms with Crippen molar-refractivity contribution < 1.29 is 0 Å². The third-order valence-corrected chi connectivity index (χ3v) is 3.94. The summed E-state index contributed by atoms with van der Waals surface area (Å²) in [5.41, 5.74) is 7.74. The molecule has 0 unspecified atom stereocenters. The van der Waals surface area contributed by atoms with Gasteiger partial charge < -0.3 is 10.6 Å². The molecule has 0 saturated carbocycles. The van der Waals surface area contributed by atoms with Crippen molar-refractivity contribution >= 4 is 24.6 Å². The van der Waals surface area contributed by atoms with Crippen LogP contribution < -0.4 is 16.1 Å². The van der Waals surface area contributed by atoms with Crippen LogP contribution in [-0.2, 0) is 0 Å². The Morgan fingerprint density at radius 3 is 2.61 bits per heavy atom. The molecule has 2 N–H and O–H groups in total. The first kappa shape index (κ1) is 15.2. The summed E-state index contributed by atoms with van der Waals surface area (Å²) in [6, 6.07) is 16.1. The molecule has 3 rings (SSSR count). The van der Waals surface area contributed by atoms with Gasteiger partial charge in [-0.25, -0.2) is 0 Å². The molecule has 2 aromatic carbocycles. The lowest BCUT2D eigenvalue weighted by molar-refractivity contribution is 0.906. The summed E-state index contributed by atoms with van der Waals surface area (Å²) >= 11 is 0. The fourth-order valence-electron chi connectivity index (χ4n) is 2.70. The Bertz CT molecular complexity index is 804. The number of rotatable bonds is 4. The Kier molecular flexibility index (Phi) is 4.11. The number of fused-ring (bicyclic) bond motifs is 1. The molecule has 1 aliphatic rings. The van der Waals surface area contributed by atoms with Gasteiger partial charge in [-0.1, -0.05) is 68.0 Å². The van der Waals surface area contributed by atoms with E-state index in [-0.39, 0.29) is 0 Å². The zero-order valence-corrected chi connectivity index (χ0v) is 13.3. The normalized spacial score (nSPS) is 13.3. The highest BCUT2D eigenvalue weighted by molar-refractivity contribution is 6.32. The third-order valence-electron chi connectivity index (χ3n) is 3.94. The summed E-state index contributed by atoms with van der Waals surface area (Å²) in [5.74, 6) is 0. The average Bonchev–Trinajstić information content (AvgIpc) is 2.56. The lowest BCUT2D eigenvalue weighted by atomic mass is 9.86. The summed E-state index contributed by atoms with van der Waals surface area (Å²) in [7, 11) is 6.02. The zero-order chi connectivity index (χ0) is 16.4. The molecule has 2 aromatic rings. The number of hydrogen-bond acceptors (Lipinski definition) is 2. The predicted octanol–water partition coefficient (Wildman–Crippen LogP) is 3.69. The molecule has 0 atom stereocenters. The molecule has 0 aliphatic carbocycles. The van der Waals surface area contributed by atoms with E-state index in [9.17, 15) is 0 Å². The third kappa shape index (κ3) is 2.95. The van der Waals surface area contributed by atoms with Gasteiger partial charge in [-0.3, -0.25) is 0 Å². The Balaban J connectivity index is 2.25. The summed E-state index contributed by atoms with van der Waals surface area (Å²) in [4.78, 5) is 0. The number of anilines is 1. The van der Waals surface area contributed by atoms with Gasteiger partial charge in [0.15, 0.2) is 0 Å². The Morgan fingerprint density at radius 1 is 1.17 bits per heavy atom. The molecule has 1 heterocycles. The van der Waals surface area contributed by atoms with Crippen molar-refractivity contribution in [3.8, 4) is 0 Å². The van der Waals surface area contributed by atoms with Crippen LogP contribution in [0.1, 0.15) is 24.5 Å². The largest absolute Gasteiger partial charge is 0.357 e. The molecule has 2 radical (unpaired) electrons. The minimum atomic E-state index is 0.736. The van der Waals surface area contributed by atoms with Gasteiger partial charge in [-0.2, -0.15) is 0 Å². The highest BCUT2D eigenvalue weighted by atomic mass is 15.0. The van der Waals surface area contributed by atoms with Crippen LogP contribution in [0.5, 0.6) is 0 Å². The van der Waals surface area contributed by atoms with Gasteiger partial charge in [-0.05, 0) is 18.1 Å². The Hall–Kier alpha value is -2.68. The van der Waals surface area contributed by atoms with Crippen molar-refractivity contribution in [1.82, 2.24) is 5.32 Å². The van der Waals surface area contributed by atoms with Crippen LogP contribution in [0.15, 0.2) is 78.8 Å². The lowest BCUT2D eigenvalue weighted by Gasteiger charge is -2.28. The molecular weight excluding hydrogens is 279 g/mol. The maximum absolute atomic E-state index is 6.02. The van der Waals surface area contributed by atoms with Gasteiger partial charge in [0.1, 0.15) is 7.85 Å². The predicted molar refractivity (Wildman–Crippen MR) is 99.6 cm³/mol. The van der Waals surface area contributed by atoms with Crippen LogP contribution in [0.4, 0.5) is 5.69 Å². The zero-order valence-electron chi connectivity index (χ0n) is 13.3. The van der Waals surface area contributed by atoms with E-state index in [4.69, 9.17) is 7.85 Å². The molecule has 3 heteroatoms. The summed E-state index contributed by atoms with van der Waals surface area (Å²) in [6.07, 6.45) is 0.850. The van der Waals surface area contributed by atoms with E-state index >= 15 is 0 Å². The van der Waals surface area contributed by atoms with Crippen LogP contribution in [-0.4, -0.2) is 7.85 Å². The molecule has 0 fully saturated rings. The van der Waals surface area contributed by atoms with E-state index in [2.05, 4.69) is 42.8 Å². The second kappa shape index (κ2) is 6.21. The molecular formula is C20H19BN2. The Morgan fingerprint density at radius 2 is 1.91 bits per heavy atom. The highest BCUT2D eigenvalue weighted by Crippen LogP contribution is 2.37. The molecule has 23 heavy (non-hydrogen) atoms. The molecule has 1 aliphatic heterocycles. The first-order chi connectivity index (χ1) is 11.1. The maximum atomic E-state index is 6.02. The van der Waals surface area contributed by atoms with Gasteiger partial charge in [0.2, 0.25) is 0 Å². The van der Waals surface area contributed by atoms with Crippen molar-refractivity contribution in [1.29, 1.82) is 0 Å². The molecule has 0 bridgehead atoms. The van der Waals surface area contributed by atoms with Gasteiger partial charge in [0.25, 0.3) is 0 Å². The van der Waals surface area contributed by atoms with Crippen molar-refractivity contribution in [2.24, 2.45) is 0 Å². The van der Waals surface area contributed by atoms with Gasteiger partial charge in [-0.15, -0.1) is 0 Å². The van der Waals surface area contributed by atoms with E-state index < -0.39 is 0 Å². The second-order valence-corrected chi connectivity index (χ2v) is 5.61. The average molecular weight is 298 g/mol. The van der Waals surface area contributed by atoms with Gasteiger partial charge in [0, 0.05) is 22.5 Å². The standard InChI is InChI=1S/C20H19BN2/c1-4-13(2)22-20-14(3)23-18-11-10-16(21)12-17(18)19(20)15-8-6-5-7-9-15/h5-12,22-23H,2-4H2,1H3. The fraction of sp³-hybridized carbons (Fsp3) is 0.100. The topological polar surface area (TPSA) is 24.1 Å². The SMILES string of the molecule is [B]c1ccc2c(c1)C(c1ccccc1)=C(NC(=C)CC)C(=C)N2. The van der Waals surface area contributed by atoms with E-state index in [0.29, 0.717) is 0 Å². The monoisotopic (exact) mass is 298 g/mol. The van der Waals surface area contributed by atoms with Crippen molar-refractivity contribution in [2.75, 3.05) is 5.32 Å². The number of hydrogen-bond donors (Lipinski definition) is 2. The fourth-order valence-corrected chi connectivity index (χ4v) is 2.70. The van der Waals surface area contributed by atoms with Gasteiger partial charge >= 0.3 is 0 Å². The quantitative estimate of drug-likeness (QED) is 0.841. The van der Waals surface area contributed by atoms with E-state index in [1.807, 2.05) is 36.4 Å². The van der Waals surface area contributed by atoms with Crippen molar-refractivity contribution in [3.05, 3.63) is 89.9 Å². The van der Waals surface area contributed by atoms with Gasteiger partial charge in [0.05, 0.1) is 11.4 Å². The molecule has 2 nitrogen and oxygen atoms in total. The van der Waals surface area contributed by atoms with E-state index in [1.54, 1.807) is 0 Å². The second-order valence-electron chi connectivity index (χ2n) is 5.61. The first-order valence-corrected chi connectivity index (χ1v) is 7.71.